The van der Waals surface area contributed by atoms with Crippen LogP contribution in [-0.4, -0.2) is 17.5 Å². The first-order chi connectivity index (χ1) is 5.51. The van der Waals surface area contributed by atoms with Crippen LogP contribution in [0.1, 0.15) is 19.3 Å². The Morgan fingerprint density at radius 1 is 1.33 bits per heavy atom. The molecule has 3 aliphatic carbocycles. The zero-order valence-corrected chi connectivity index (χ0v) is 6.31. The van der Waals surface area contributed by atoms with Crippen molar-refractivity contribution in [3.63, 3.8) is 0 Å². The number of halogens is 2. The Bertz CT molecular complexity index is 303. The molecule has 4 heteroatoms. The molecular weight excluding hydrogens is 166 g/mol. The van der Waals surface area contributed by atoms with Gasteiger partial charge in [-0.25, -0.2) is 8.78 Å². The minimum Gasteiger partial charge on any atom is -0.481 e. The lowest BCUT2D eigenvalue weighted by Gasteiger charge is -2.30. The summed E-state index contributed by atoms with van der Waals surface area (Å²) in [5, 5.41) is 8.78. The lowest BCUT2D eigenvalue weighted by Crippen LogP contribution is -2.36. The van der Waals surface area contributed by atoms with Crippen LogP contribution in [0.15, 0.2) is 0 Å². The number of carboxylic acid groups (broad SMARTS) is 1. The Morgan fingerprint density at radius 2 is 2.00 bits per heavy atom. The minimum absolute atomic E-state index is 0.215. The van der Waals surface area contributed by atoms with Gasteiger partial charge in [0.15, 0.2) is 0 Å². The van der Waals surface area contributed by atoms with Crippen molar-refractivity contribution in [1.82, 2.24) is 0 Å². The molecule has 0 radical (unpaired) electrons. The molecule has 0 heterocycles. The summed E-state index contributed by atoms with van der Waals surface area (Å²) in [6.45, 7) is 0. The molecule has 0 aromatic heterocycles. The van der Waals surface area contributed by atoms with Crippen LogP contribution in [0, 0.1) is 16.2 Å². The molecule has 0 aliphatic heterocycles. The molecule has 12 heavy (non-hydrogen) atoms. The van der Waals surface area contributed by atoms with Crippen molar-refractivity contribution in [3.05, 3.63) is 0 Å². The maximum absolute atomic E-state index is 12.4. The van der Waals surface area contributed by atoms with Crippen molar-refractivity contribution in [1.29, 1.82) is 0 Å². The highest BCUT2D eigenvalue weighted by atomic mass is 19.3. The molecule has 0 aromatic carbocycles. The molecule has 3 rings (SSSR count). The van der Waals surface area contributed by atoms with Crippen molar-refractivity contribution in [3.8, 4) is 0 Å². The molecule has 66 valence electrons. The number of aliphatic carboxylic acids is 1. The van der Waals surface area contributed by atoms with E-state index in [0.717, 1.165) is 0 Å². The van der Waals surface area contributed by atoms with Crippen LogP contribution in [0.3, 0.4) is 0 Å². The first-order valence-corrected chi connectivity index (χ1v) is 4.02. The molecule has 3 unspecified atom stereocenters. The van der Waals surface area contributed by atoms with Gasteiger partial charge in [-0.05, 0) is 24.7 Å². The van der Waals surface area contributed by atoms with Crippen molar-refractivity contribution in [2.75, 3.05) is 0 Å². The largest absolute Gasteiger partial charge is 0.481 e. The fourth-order valence-corrected chi connectivity index (χ4v) is 3.46. The second-order valence-electron chi connectivity index (χ2n) is 4.46. The lowest BCUT2D eigenvalue weighted by molar-refractivity contribution is -0.151. The Labute approximate surface area is 67.6 Å². The maximum Gasteiger partial charge on any atom is 0.310 e. The Kier molecular flexibility index (Phi) is 0.735. The lowest BCUT2D eigenvalue weighted by atomic mass is 9.75. The summed E-state index contributed by atoms with van der Waals surface area (Å²) < 4.78 is 24.8. The van der Waals surface area contributed by atoms with Crippen LogP contribution in [0.4, 0.5) is 8.78 Å². The molecule has 0 bridgehead atoms. The Morgan fingerprint density at radius 3 is 2.25 bits per heavy atom. The quantitative estimate of drug-likeness (QED) is 0.688. The zero-order chi connectivity index (χ0) is 8.78. The fourth-order valence-electron chi connectivity index (χ4n) is 3.46. The first-order valence-electron chi connectivity index (χ1n) is 4.02. The van der Waals surface area contributed by atoms with Gasteiger partial charge in [0.05, 0.1) is 5.41 Å². The van der Waals surface area contributed by atoms with Crippen molar-refractivity contribution in [2.45, 2.75) is 25.7 Å². The number of hydrogen-bond acceptors (Lipinski definition) is 1. The molecule has 0 amide bonds. The monoisotopic (exact) mass is 174 g/mol. The van der Waals surface area contributed by atoms with Crippen molar-refractivity contribution >= 4 is 5.97 Å². The Balaban J connectivity index is 1.91. The van der Waals surface area contributed by atoms with Crippen LogP contribution in [0.5, 0.6) is 0 Å². The van der Waals surface area contributed by atoms with Gasteiger partial charge in [0.25, 0.3) is 0 Å². The highest BCUT2D eigenvalue weighted by Crippen LogP contribution is 3.01. The number of hydrogen-bond donors (Lipinski definition) is 1. The van der Waals surface area contributed by atoms with E-state index >= 15 is 0 Å². The zero-order valence-electron chi connectivity index (χ0n) is 6.31. The van der Waals surface area contributed by atoms with Gasteiger partial charge in [0.2, 0.25) is 6.43 Å². The molecule has 3 fully saturated rings. The van der Waals surface area contributed by atoms with Crippen LogP contribution in [0.2, 0.25) is 0 Å². The molecule has 0 aromatic rings. The van der Waals surface area contributed by atoms with Gasteiger partial charge in [-0.2, -0.15) is 0 Å². The van der Waals surface area contributed by atoms with E-state index in [2.05, 4.69) is 0 Å². The summed E-state index contributed by atoms with van der Waals surface area (Å²) in [5.41, 5.74) is -2.05. The predicted molar refractivity (Wildman–Crippen MR) is 34.8 cm³/mol. The third kappa shape index (κ3) is 0.345. The van der Waals surface area contributed by atoms with Crippen molar-refractivity contribution < 1.29 is 18.7 Å². The van der Waals surface area contributed by atoms with E-state index in [4.69, 9.17) is 5.11 Å². The van der Waals surface area contributed by atoms with E-state index in [1.807, 2.05) is 0 Å². The second-order valence-corrected chi connectivity index (χ2v) is 4.46. The van der Waals surface area contributed by atoms with Crippen molar-refractivity contribution in [2.24, 2.45) is 16.2 Å². The number of carbonyl (C=O) groups is 1. The SMILES string of the molecule is O=C(O)C12CC3(C(F)F)CC13C2. The van der Waals surface area contributed by atoms with Gasteiger partial charge >= 0.3 is 5.97 Å². The number of alkyl halides is 2. The minimum atomic E-state index is -2.31. The third-order valence-electron chi connectivity index (χ3n) is 4.28. The van der Waals surface area contributed by atoms with Gasteiger partial charge in [-0.3, -0.25) is 4.79 Å². The molecule has 1 spiro atoms. The van der Waals surface area contributed by atoms with Crippen LogP contribution >= 0.6 is 0 Å². The second kappa shape index (κ2) is 1.30. The highest BCUT2D eigenvalue weighted by molar-refractivity contribution is 5.85. The molecule has 0 saturated heterocycles. The van der Waals surface area contributed by atoms with Gasteiger partial charge in [0, 0.05) is 5.41 Å². The molecule has 3 aliphatic rings. The average Bonchev–Trinajstić information content (AvgIpc) is 2.72. The summed E-state index contributed by atoms with van der Waals surface area (Å²) in [5.74, 6) is -0.865. The van der Waals surface area contributed by atoms with Crippen LogP contribution in [-0.2, 0) is 4.79 Å². The smallest absolute Gasteiger partial charge is 0.310 e. The summed E-state index contributed by atoms with van der Waals surface area (Å²) in [4.78, 5) is 10.7. The summed E-state index contributed by atoms with van der Waals surface area (Å²) in [7, 11) is 0. The normalized spacial score (nSPS) is 58.6. The van der Waals surface area contributed by atoms with Gasteiger partial charge in [-0.15, -0.1) is 0 Å². The van der Waals surface area contributed by atoms with Gasteiger partial charge < -0.3 is 5.11 Å². The third-order valence-corrected chi connectivity index (χ3v) is 4.28. The number of carboxylic acids is 1. The Hall–Kier alpha value is -0.670. The first kappa shape index (κ1) is 6.80. The van der Waals surface area contributed by atoms with Gasteiger partial charge in [0.1, 0.15) is 0 Å². The van der Waals surface area contributed by atoms with Crippen LogP contribution < -0.4 is 0 Å². The standard InChI is InChI=1S/C8H8F2O2/c9-4(10)6-1-7(5(11)12)3-8(6,7)2-6/h4H,1-3H2,(H,11,12). The van der Waals surface area contributed by atoms with E-state index in [9.17, 15) is 13.6 Å². The maximum atomic E-state index is 12.4. The van der Waals surface area contributed by atoms with Crippen LogP contribution in [0.25, 0.3) is 0 Å². The molecule has 2 nitrogen and oxygen atoms in total. The molecule has 3 saturated carbocycles. The fraction of sp³-hybridized carbons (Fsp3) is 0.875. The van der Waals surface area contributed by atoms with E-state index < -0.39 is 28.6 Å². The van der Waals surface area contributed by atoms with E-state index in [0.29, 0.717) is 12.8 Å². The number of rotatable bonds is 2. The summed E-state index contributed by atoms with van der Waals surface area (Å²) >= 11 is 0. The van der Waals surface area contributed by atoms with E-state index in [1.54, 1.807) is 0 Å². The van der Waals surface area contributed by atoms with E-state index in [-0.39, 0.29) is 6.42 Å². The predicted octanol–water partition coefficient (Wildman–Crippen LogP) is 1.51. The average molecular weight is 174 g/mol. The van der Waals surface area contributed by atoms with Gasteiger partial charge in [-0.1, -0.05) is 0 Å². The van der Waals surface area contributed by atoms with E-state index in [1.165, 1.54) is 0 Å². The topological polar surface area (TPSA) is 37.3 Å². The highest BCUT2D eigenvalue weighted by Gasteiger charge is 3.01. The summed E-state index contributed by atoms with van der Waals surface area (Å²) in [6.07, 6.45) is -1.15. The molecule has 1 N–H and O–H groups in total. The summed E-state index contributed by atoms with van der Waals surface area (Å²) in [6, 6.07) is 0. The molecule has 3 atom stereocenters. The molecular formula is C8H8F2O2.